The Bertz CT molecular complexity index is 612. The lowest BCUT2D eigenvalue weighted by molar-refractivity contribution is -0.239. The SMILES string of the molecule is CCCCC(F)(c1cc(C)c(N=CN(CC)CC)cc1OC)C(F)(F)F. The molecule has 1 unspecified atom stereocenters. The quantitative estimate of drug-likeness (QED) is 0.303. The highest BCUT2D eigenvalue weighted by atomic mass is 19.4. The lowest BCUT2D eigenvalue weighted by Gasteiger charge is -2.30. The molecule has 0 saturated heterocycles. The summed E-state index contributed by atoms with van der Waals surface area (Å²) in [6, 6.07) is 2.58. The van der Waals surface area contributed by atoms with Crippen molar-refractivity contribution in [1.82, 2.24) is 4.90 Å². The predicted octanol–water partition coefficient (Wildman–Crippen LogP) is 5.92. The highest BCUT2D eigenvalue weighted by Gasteiger charge is 2.57. The number of aliphatic imine (C=N–C) groups is 1. The van der Waals surface area contributed by atoms with E-state index in [4.69, 9.17) is 4.74 Å². The fourth-order valence-corrected chi connectivity index (χ4v) is 2.68. The Morgan fingerprint density at radius 2 is 1.73 bits per heavy atom. The number of nitrogens with zero attached hydrogens (tertiary/aromatic N) is 2. The van der Waals surface area contributed by atoms with Gasteiger partial charge in [-0.15, -0.1) is 0 Å². The van der Waals surface area contributed by atoms with Crippen molar-refractivity contribution in [2.45, 2.75) is 58.8 Å². The molecule has 0 saturated carbocycles. The first kappa shape index (κ1) is 22.3. The molecule has 0 N–H and O–H groups in total. The summed E-state index contributed by atoms with van der Waals surface area (Å²) in [6.07, 6.45) is -3.43. The molecule has 1 aromatic carbocycles. The molecule has 0 heterocycles. The Morgan fingerprint density at radius 1 is 1.12 bits per heavy atom. The number of methoxy groups -OCH3 is 1. The first-order chi connectivity index (χ1) is 12.1. The van der Waals surface area contributed by atoms with E-state index in [1.54, 1.807) is 20.2 Å². The Balaban J connectivity index is 3.42. The summed E-state index contributed by atoms with van der Waals surface area (Å²) in [5.41, 5.74) is -3.01. The van der Waals surface area contributed by atoms with E-state index in [9.17, 15) is 13.2 Å². The van der Waals surface area contributed by atoms with E-state index in [0.717, 1.165) is 13.1 Å². The third-order valence-electron chi connectivity index (χ3n) is 4.44. The van der Waals surface area contributed by atoms with Gasteiger partial charge in [-0.1, -0.05) is 13.3 Å². The summed E-state index contributed by atoms with van der Waals surface area (Å²) in [6.45, 7) is 8.81. The Kier molecular flexibility index (Phi) is 7.90. The Hall–Kier alpha value is -1.79. The van der Waals surface area contributed by atoms with Gasteiger partial charge < -0.3 is 9.64 Å². The van der Waals surface area contributed by atoms with Crippen molar-refractivity contribution in [3.63, 3.8) is 0 Å². The summed E-state index contributed by atoms with van der Waals surface area (Å²) in [7, 11) is 1.24. The molecule has 1 aromatic rings. The van der Waals surface area contributed by atoms with Crippen LogP contribution in [0.1, 0.15) is 51.2 Å². The van der Waals surface area contributed by atoms with Crippen molar-refractivity contribution in [3.05, 3.63) is 23.3 Å². The van der Waals surface area contributed by atoms with E-state index in [1.807, 2.05) is 18.7 Å². The molecule has 0 aliphatic carbocycles. The smallest absolute Gasteiger partial charge is 0.426 e. The van der Waals surface area contributed by atoms with Gasteiger partial charge in [0.2, 0.25) is 5.67 Å². The Labute approximate surface area is 153 Å². The Morgan fingerprint density at radius 3 is 2.19 bits per heavy atom. The van der Waals surface area contributed by atoms with Crippen molar-refractivity contribution < 1.29 is 22.3 Å². The number of benzene rings is 1. The van der Waals surface area contributed by atoms with Gasteiger partial charge in [-0.05, 0) is 45.2 Å². The molecule has 3 nitrogen and oxygen atoms in total. The van der Waals surface area contributed by atoms with E-state index < -0.39 is 23.8 Å². The topological polar surface area (TPSA) is 24.8 Å². The molecular formula is C19H28F4N2O. The van der Waals surface area contributed by atoms with Crippen LogP contribution in [-0.2, 0) is 5.67 Å². The van der Waals surface area contributed by atoms with Gasteiger partial charge >= 0.3 is 6.18 Å². The number of unbranched alkanes of at least 4 members (excludes halogenated alkanes) is 1. The molecule has 0 spiro atoms. The van der Waals surface area contributed by atoms with Crippen molar-refractivity contribution in [1.29, 1.82) is 0 Å². The second-order valence-corrected chi connectivity index (χ2v) is 6.21. The second kappa shape index (κ2) is 9.24. The van der Waals surface area contributed by atoms with Crippen LogP contribution in [0.25, 0.3) is 0 Å². The average molecular weight is 376 g/mol. The maximum absolute atomic E-state index is 15.1. The fraction of sp³-hybridized carbons (Fsp3) is 0.632. The van der Waals surface area contributed by atoms with Gasteiger partial charge in [-0.3, -0.25) is 0 Å². The van der Waals surface area contributed by atoms with Gasteiger partial charge in [0.25, 0.3) is 0 Å². The van der Waals surface area contributed by atoms with Crippen molar-refractivity contribution >= 4 is 12.0 Å². The molecule has 26 heavy (non-hydrogen) atoms. The number of hydrogen-bond donors (Lipinski definition) is 0. The van der Waals surface area contributed by atoms with Gasteiger partial charge in [0.1, 0.15) is 5.75 Å². The maximum atomic E-state index is 15.1. The molecule has 7 heteroatoms. The van der Waals surface area contributed by atoms with Crippen LogP contribution in [0.15, 0.2) is 17.1 Å². The van der Waals surface area contributed by atoms with Crippen molar-refractivity contribution in [3.8, 4) is 5.75 Å². The van der Waals surface area contributed by atoms with E-state index in [0.29, 0.717) is 17.7 Å². The van der Waals surface area contributed by atoms with Gasteiger partial charge in [0.05, 0.1) is 19.1 Å². The summed E-state index contributed by atoms with van der Waals surface area (Å²) >= 11 is 0. The second-order valence-electron chi connectivity index (χ2n) is 6.21. The van der Waals surface area contributed by atoms with E-state index in [-0.39, 0.29) is 12.2 Å². The maximum Gasteiger partial charge on any atom is 0.426 e. The van der Waals surface area contributed by atoms with Crippen LogP contribution in [0.4, 0.5) is 23.2 Å². The normalized spacial score (nSPS) is 14.5. The third kappa shape index (κ3) is 4.89. The molecule has 0 aliphatic heterocycles. The number of halogens is 4. The lowest BCUT2D eigenvalue weighted by Crippen LogP contribution is -2.38. The average Bonchev–Trinajstić information content (AvgIpc) is 2.60. The van der Waals surface area contributed by atoms with Gasteiger partial charge in [-0.25, -0.2) is 9.38 Å². The summed E-state index contributed by atoms with van der Waals surface area (Å²) in [5.74, 6) is -0.141. The highest BCUT2D eigenvalue weighted by Crippen LogP contribution is 2.50. The molecule has 0 aromatic heterocycles. The fourth-order valence-electron chi connectivity index (χ4n) is 2.68. The van der Waals surface area contributed by atoms with Crippen molar-refractivity contribution in [2.24, 2.45) is 4.99 Å². The van der Waals surface area contributed by atoms with Crippen LogP contribution in [0.3, 0.4) is 0 Å². The molecule has 0 amide bonds. The summed E-state index contributed by atoms with van der Waals surface area (Å²) in [4.78, 5) is 6.26. The van der Waals surface area contributed by atoms with Crippen LogP contribution in [-0.4, -0.2) is 37.6 Å². The number of rotatable bonds is 9. The van der Waals surface area contributed by atoms with Crippen LogP contribution in [0, 0.1) is 6.92 Å². The summed E-state index contributed by atoms with van der Waals surface area (Å²) < 4.78 is 60.9. The van der Waals surface area contributed by atoms with E-state index in [1.165, 1.54) is 19.2 Å². The van der Waals surface area contributed by atoms with Gasteiger partial charge in [0.15, 0.2) is 0 Å². The zero-order valence-corrected chi connectivity index (χ0v) is 16.1. The van der Waals surface area contributed by atoms with Crippen LogP contribution in [0.5, 0.6) is 5.75 Å². The number of alkyl halides is 4. The molecule has 1 atom stereocenters. The van der Waals surface area contributed by atoms with Gasteiger partial charge in [-0.2, -0.15) is 13.2 Å². The molecule has 0 radical (unpaired) electrons. The zero-order chi connectivity index (χ0) is 20.0. The number of aryl methyl sites for hydroxylation is 1. The molecule has 0 aliphatic rings. The largest absolute Gasteiger partial charge is 0.496 e. The first-order valence-electron chi connectivity index (χ1n) is 8.87. The minimum Gasteiger partial charge on any atom is -0.496 e. The van der Waals surface area contributed by atoms with Crippen molar-refractivity contribution in [2.75, 3.05) is 20.2 Å². The van der Waals surface area contributed by atoms with Crippen LogP contribution >= 0.6 is 0 Å². The highest BCUT2D eigenvalue weighted by molar-refractivity contribution is 5.65. The monoisotopic (exact) mass is 376 g/mol. The minimum atomic E-state index is -5.02. The molecule has 1 rings (SSSR count). The summed E-state index contributed by atoms with van der Waals surface area (Å²) in [5, 5.41) is 0. The van der Waals surface area contributed by atoms with E-state index >= 15 is 4.39 Å². The third-order valence-corrected chi connectivity index (χ3v) is 4.44. The molecule has 0 bridgehead atoms. The number of hydrogen-bond acceptors (Lipinski definition) is 2. The first-order valence-corrected chi connectivity index (χ1v) is 8.87. The van der Waals surface area contributed by atoms with Gasteiger partial charge in [0, 0.05) is 24.7 Å². The minimum absolute atomic E-state index is 0.125. The lowest BCUT2D eigenvalue weighted by atomic mass is 9.87. The standard InChI is InChI=1S/C19H28F4N2O/c1-6-9-10-18(20,19(21,22)23)15-11-14(4)16(12-17(15)26-5)24-13-25(7-2)8-3/h11-13H,6-10H2,1-5H3. The molecular weight excluding hydrogens is 348 g/mol. The zero-order valence-electron chi connectivity index (χ0n) is 16.1. The molecule has 148 valence electrons. The van der Waals surface area contributed by atoms with E-state index in [2.05, 4.69) is 4.99 Å². The number of ether oxygens (including phenoxy) is 1. The van der Waals surface area contributed by atoms with Crippen LogP contribution in [0.2, 0.25) is 0 Å². The van der Waals surface area contributed by atoms with Crippen LogP contribution < -0.4 is 4.74 Å². The predicted molar refractivity (Wildman–Crippen MR) is 97.2 cm³/mol. The molecule has 0 fully saturated rings.